The zero-order valence-corrected chi connectivity index (χ0v) is 14.6. The largest absolute Gasteiger partial charge is 0.497 e. The van der Waals surface area contributed by atoms with E-state index in [1.807, 2.05) is 49.4 Å². The highest BCUT2D eigenvalue weighted by atomic mass is 16.5. The topological polar surface area (TPSA) is 59.6 Å². The summed E-state index contributed by atoms with van der Waals surface area (Å²) in [6, 6.07) is 14.6. The molecule has 0 heterocycles. The summed E-state index contributed by atoms with van der Waals surface area (Å²) in [5.41, 5.74) is 1.79. The summed E-state index contributed by atoms with van der Waals surface area (Å²) in [5.74, 6) is 7.27. The minimum atomic E-state index is -0.285. The van der Waals surface area contributed by atoms with Gasteiger partial charge in [0.05, 0.1) is 26.8 Å². The van der Waals surface area contributed by atoms with Crippen LogP contribution in [0.5, 0.6) is 11.5 Å². The first-order chi connectivity index (χ1) is 12.1. The zero-order valence-electron chi connectivity index (χ0n) is 14.6. The zero-order chi connectivity index (χ0) is 18.1. The van der Waals surface area contributed by atoms with Crippen molar-refractivity contribution in [1.82, 2.24) is 10.6 Å². The molecule has 0 aliphatic rings. The number of hydrogen-bond donors (Lipinski definition) is 2. The molecule has 0 spiro atoms. The van der Waals surface area contributed by atoms with Crippen LogP contribution in [0.1, 0.15) is 24.1 Å². The van der Waals surface area contributed by atoms with Crippen molar-refractivity contribution in [1.29, 1.82) is 0 Å². The molecule has 0 aliphatic heterocycles. The normalized spacial score (nSPS) is 10.8. The maximum Gasteiger partial charge on any atom is 0.316 e. The first-order valence-corrected chi connectivity index (χ1v) is 7.94. The second-order valence-corrected chi connectivity index (χ2v) is 5.32. The van der Waals surface area contributed by atoms with Crippen LogP contribution in [0.3, 0.4) is 0 Å². The Morgan fingerprint density at radius 2 is 1.88 bits per heavy atom. The maximum atomic E-state index is 12.0. The summed E-state index contributed by atoms with van der Waals surface area (Å²) in [6.45, 7) is 2.16. The first-order valence-electron chi connectivity index (χ1n) is 7.94. The molecule has 2 rings (SSSR count). The van der Waals surface area contributed by atoms with E-state index in [0.717, 1.165) is 11.1 Å². The second kappa shape index (κ2) is 9.24. The lowest BCUT2D eigenvalue weighted by Gasteiger charge is -2.18. The van der Waals surface area contributed by atoms with Crippen LogP contribution in [0, 0.1) is 11.8 Å². The molecule has 25 heavy (non-hydrogen) atoms. The van der Waals surface area contributed by atoms with E-state index in [9.17, 15) is 4.79 Å². The second-order valence-electron chi connectivity index (χ2n) is 5.32. The van der Waals surface area contributed by atoms with E-state index >= 15 is 0 Å². The van der Waals surface area contributed by atoms with Gasteiger partial charge in [0.15, 0.2) is 0 Å². The van der Waals surface area contributed by atoms with Gasteiger partial charge in [0.1, 0.15) is 11.5 Å². The van der Waals surface area contributed by atoms with Crippen molar-refractivity contribution >= 4 is 6.03 Å². The summed E-state index contributed by atoms with van der Waals surface area (Å²) < 4.78 is 10.5. The highest BCUT2D eigenvalue weighted by Crippen LogP contribution is 2.29. The maximum absolute atomic E-state index is 12.0. The molecular formula is C20H22N2O3. The van der Waals surface area contributed by atoms with E-state index in [1.165, 1.54) is 0 Å². The van der Waals surface area contributed by atoms with Crippen LogP contribution < -0.4 is 20.1 Å². The predicted molar refractivity (Wildman–Crippen MR) is 97.8 cm³/mol. The van der Waals surface area contributed by atoms with Crippen LogP contribution in [-0.4, -0.2) is 26.8 Å². The fourth-order valence-electron chi connectivity index (χ4n) is 2.29. The van der Waals surface area contributed by atoms with Gasteiger partial charge < -0.3 is 20.1 Å². The molecule has 2 aromatic rings. The number of ether oxygens (including phenoxy) is 2. The molecular weight excluding hydrogens is 316 g/mol. The van der Waals surface area contributed by atoms with Crippen molar-refractivity contribution in [3.8, 4) is 23.3 Å². The monoisotopic (exact) mass is 338 g/mol. The number of urea groups is 1. The molecule has 5 heteroatoms. The lowest BCUT2D eigenvalue weighted by Crippen LogP contribution is -2.37. The Kier molecular flexibility index (Phi) is 6.73. The van der Waals surface area contributed by atoms with Crippen LogP contribution in [0.4, 0.5) is 4.79 Å². The number of amides is 2. The Hall–Kier alpha value is -3.13. The van der Waals surface area contributed by atoms with Crippen molar-refractivity contribution in [2.24, 2.45) is 0 Å². The molecule has 0 unspecified atom stereocenters. The van der Waals surface area contributed by atoms with Crippen molar-refractivity contribution in [3.05, 3.63) is 59.7 Å². The molecule has 2 amide bonds. The standard InChI is InChI=1S/C20H22N2O3/c1-15(18-12-11-17(24-2)14-19(18)25-3)22-20(23)21-13-7-10-16-8-5-4-6-9-16/h4-6,8-9,11-12,14-15H,13H2,1-3H3,(H2,21,22,23)/t15-/m1/s1. The Bertz CT molecular complexity index is 764. The van der Waals surface area contributed by atoms with Gasteiger partial charge >= 0.3 is 6.03 Å². The number of carbonyl (C=O) groups is 1. The van der Waals surface area contributed by atoms with E-state index < -0.39 is 0 Å². The Morgan fingerprint density at radius 1 is 1.12 bits per heavy atom. The Balaban J connectivity index is 1.89. The molecule has 130 valence electrons. The molecule has 0 saturated carbocycles. The van der Waals surface area contributed by atoms with Gasteiger partial charge in [-0.3, -0.25) is 0 Å². The minimum absolute atomic E-state index is 0.220. The number of benzene rings is 2. The number of carbonyl (C=O) groups excluding carboxylic acids is 1. The molecule has 0 aromatic heterocycles. The van der Waals surface area contributed by atoms with Crippen molar-refractivity contribution in [3.63, 3.8) is 0 Å². The third kappa shape index (κ3) is 5.47. The lowest BCUT2D eigenvalue weighted by molar-refractivity contribution is 0.239. The van der Waals surface area contributed by atoms with Gasteiger partial charge in [-0.05, 0) is 31.2 Å². The van der Waals surface area contributed by atoms with Crippen molar-refractivity contribution in [2.45, 2.75) is 13.0 Å². The van der Waals surface area contributed by atoms with Gasteiger partial charge in [-0.2, -0.15) is 0 Å². The molecule has 0 radical (unpaired) electrons. The van der Waals surface area contributed by atoms with E-state index in [1.54, 1.807) is 20.3 Å². The molecule has 0 saturated heterocycles. The van der Waals surface area contributed by atoms with E-state index in [-0.39, 0.29) is 18.6 Å². The molecule has 2 N–H and O–H groups in total. The quantitative estimate of drug-likeness (QED) is 0.824. The average Bonchev–Trinajstić information content (AvgIpc) is 2.65. The Morgan fingerprint density at radius 3 is 2.56 bits per heavy atom. The van der Waals surface area contributed by atoms with Crippen LogP contribution >= 0.6 is 0 Å². The predicted octanol–water partition coefficient (Wildman–Crippen LogP) is 3.12. The van der Waals surface area contributed by atoms with Gasteiger partial charge in [-0.25, -0.2) is 4.79 Å². The average molecular weight is 338 g/mol. The molecule has 0 aliphatic carbocycles. The molecule has 0 bridgehead atoms. The van der Waals surface area contributed by atoms with Crippen molar-refractivity contribution in [2.75, 3.05) is 20.8 Å². The van der Waals surface area contributed by atoms with Gasteiger partial charge in [0.25, 0.3) is 0 Å². The fraction of sp³-hybridized carbons (Fsp3) is 0.250. The number of hydrogen-bond acceptors (Lipinski definition) is 3. The van der Waals surface area contributed by atoms with Gasteiger partial charge in [-0.1, -0.05) is 30.0 Å². The molecule has 5 nitrogen and oxygen atoms in total. The van der Waals surface area contributed by atoms with E-state index in [4.69, 9.17) is 9.47 Å². The number of nitrogens with one attached hydrogen (secondary N) is 2. The highest BCUT2D eigenvalue weighted by molar-refractivity contribution is 5.74. The summed E-state index contributed by atoms with van der Waals surface area (Å²) >= 11 is 0. The third-order valence-electron chi connectivity index (χ3n) is 3.60. The van der Waals surface area contributed by atoms with Crippen LogP contribution in [0.15, 0.2) is 48.5 Å². The molecule has 0 fully saturated rings. The van der Waals surface area contributed by atoms with E-state index in [0.29, 0.717) is 11.5 Å². The van der Waals surface area contributed by atoms with Crippen molar-refractivity contribution < 1.29 is 14.3 Å². The molecule has 1 atom stereocenters. The highest BCUT2D eigenvalue weighted by Gasteiger charge is 2.14. The van der Waals surface area contributed by atoms with Gasteiger partial charge in [0.2, 0.25) is 0 Å². The lowest BCUT2D eigenvalue weighted by atomic mass is 10.1. The third-order valence-corrected chi connectivity index (χ3v) is 3.60. The minimum Gasteiger partial charge on any atom is -0.497 e. The fourth-order valence-corrected chi connectivity index (χ4v) is 2.29. The number of rotatable bonds is 5. The van der Waals surface area contributed by atoms with Crippen LogP contribution in [0.2, 0.25) is 0 Å². The van der Waals surface area contributed by atoms with Crippen LogP contribution in [0.25, 0.3) is 0 Å². The van der Waals surface area contributed by atoms with E-state index in [2.05, 4.69) is 22.5 Å². The van der Waals surface area contributed by atoms with Gasteiger partial charge in [-0.15, -0.1) is 0 Å². The summed E-state index contributed by atoms with van der Waals surface area (Å²) in [7, 11) is 3.18. The number of methoxy groups -OCH3 is 2. The molecule has 2 aromatic carbocycles. The summed E-state index contributed by atoms with van der Waals surface area (Å²) in [5, 5.41) is 5.59. The summed E-state index contributed by atoms with van der Waals surface area (Å²) in [6.07, 6.45) is 0. The van der Waals surface area contributed by atoms with Crippen LogP contribution in [-0.2, 0) is 0 Å². The first kappa shape index (κ1) is 18.2. The Labute approximate surface area is 148 Å². The van der Waals surface area contributed by atoms with Gasteiger partial charge in [0, 0.05) is 17.2 Å². The SMILES string of the molecule is COc1ccc([C@@H](C)NC(=O)NCC#Cc2ccccc2)c(OC)c1. The summed E-state index contributed by atoms with van der Waals surface area (Å²) in [4.78, 5) is 12.0. The smallest absolute Gasteiger partial charge is 0.316 e.